The molecule has 2 unspecified atom stereocenters. The number of aromatic nitrogens is 1. The second-order valence-corrected chi connectivity index (χ2v) is 5.67. The van der Waals surface area contributed by atoms with Crippen LogP contribution >= 0.6 is 0 Å². The van der Waals surface area contributed by atoms with Crippen LogP contribution in [0.1, 0.15) is 44.0 Å². The Morgan fingerprint density at radius 1 is 1.44 bits per heavy atom. The molecule has 100 valence electrons. The molecule has 1 aliphatic rings. The third-order valence-corrected chi connectivity index (χ3v) is 4.00. The van der Waals surface area contributed by atoms with E-state index in [1.54, 1.807) is 0 Å². The predicted octanol–water partition coefficient (Wildman–Crippen LogP) is 2.51. The summed E-state index contributed by atoms with van der Waals surface area (Å²) in [5.41, 5.74) is 8.37. The van der Waals surface area contributed by atoms with Gasteiger partial charge in [-0.1, -0.05) is 6.07 Å². The molecule has 1 aromatic heterocycles. The number of pyridine rings is 1. The van der Waals surface area contributed by atoms with Crippen molar-refractivity contribution in [2.75, 3.05) is 13.1 Å². The standard InChI is InChI=1S/C15H25N3/c1-11(2)18-8-4-5-13(9-16)15(18)14-7-6-12(3)10-17-14/h6-7,10-11,13,15H,4-5,8-9,16H2,1-3H3. The summed E-state index contributed by atoms with van der Waals surface area (Å²) in [5, 5.41) is 0. The van der Waals surface area contributed by atoms with Gasteiger partial charge in [0.1, 0.15) is 0 Å². The van der Waals surface area contributed by atoms with E-state index in [4.69, 9.17) is 5.73 Å². The lowest BCUT2D eigenvalue weighted by Crippen LogP contribution is -2.45. The van der Waals surface area contributed by atoms with Gasteiger partial charge in [-0.3, -0.25) is 9.88 Å². The highest BCUT2D eigenvalue weighted by molar-refractivity contribution is 5.17. The van der Waals surface area contributed by atoms with Crippen molar-refractivity contribution in [2.45, 2.75) is 45.7 Å². The molecule has 3 nitrogen and oxygen atoms in total. The minimum absolute atomic E-state index is 0.393. The average Bonchev–Trinajstić information content (AvgIpc) is 2.38. The zero-order valence-corrected chi connectivity index (χ0v) is 11.8. The number of rotatable bonds is 3. The lowest BCUT2D eigenvalue weighted by Gasteiger charge is -2.43. The van der Waals surface area contributed by atoms with Gasteiger partial charge in [-0.15, -0.1) is 0 Å². The first-order chi connectivity index (χ1) is 8.63. The summed E-state index contributed by atoms with van der Waals surface area (Å²) >= 11 is 0. The molecule has 0 radical (unpaired) electrons. The van der Waals surface area contributed by atoms with Crippen molar-refractivity contribution in [1.29, 1.82) is 0 Å². The minimum atomic E-state index is 0.393. The van der Waals surface area contributed by atoms with E-state index in [0.717, 1.165) is 13.1 Å². The van der Waals surface area contributed by atoms with Crippen LogP contribution < -0.4 is 5.73 Å². The Hall–Kier alpha value is -0.930. The van der Waals surface area contributed by atoms with Crippen LogP contribution in [0, 0.1) is 12.8 Å². The van der Waals surface area contributed by atoms with Crippen LogP contribution in [0.15, 0.2) is 18.3 Å². The van der Waals surface area contributed by atoms with E-state index in [9.17, 15) is 0 Å². The summed E-state index contributed by atoms with van der Waals surface area (Å²) in [5.74, 6) is 0.538. The Bertz CT molecular complexity index is 372. The fourth-order valence-electron chi connectivity index (χ4n) is 3.00. The molecule has 2 rings (SSSR count). The SMILES string of the molecule is Cc1ccc(C2C(CN)CCCN2C(C)C)nc1. The molecule has 0 aromatic carbocycles. The molecule has 3 heteroatoms. The molecule has 2 heterocycles. The van der Waals surface area contributed by atoms with Crippen molar-refractivity contribution >= 4 is 0 Å². The van der Waals surface area contributed by atoms with E-state index in [1.807, 2.05) is 6.20 Å². The second-order valence-electron chi connectivity index (χ2n) is 5.67. The van der Waals surface area contributed by atoms with E-state index >= 15 is 0 Å². The molecular weight excluding hydrogens is 222 g/mol. The van der Waals surface area contributed by atoms with E-state index < -0.39 is 0 Å². The first-order valence-corrected chi connectivity index (χ1v) is 7.02. The minimum Gasteiger partial charge on any atom is -0.330 e. The van der Waals surface area contributed by atoms with Crippen molar-refractivity contribution in [3.05, 3.63) is 29.6 Å². The Balaban J connectivity index is 2.30. The van der Waals surface area contributed by atoms with Crippen molar-refractivity contribution < 1.29 is 0 Å². The number of hydrogen-bond donors (Lipinski definition) is 1. The molecule has 1 aliphatic heterocycles. The van der Waals surface area contributed by atoms with E-state index in [2.05, 4.69) is 42.8 Å². The van der Waals surface area contributed by atoms with Gasteiger partial charge in [0.05, 0.1) is 11.7 Å². The maximum Gasteiger partial charge on any atom is 0.0579 e. The van der Waals surface area contributed by atoms with Gasteiger partial charge in [0.15, 0.2) is 0 Å². The molecule has 1 saturated heterocycles. The highest BCUT2D eigenvalue weighted by Gasteiger charge is 2.33. The molecule has 1 aromatic rings. The Morgan fingerprint density at radius 3 is 2.78 bits per heavy atom. The van der Waals surface area contributed by atoms with E-state index in [1.165, 1.54) is 24.1 Å². The number of piperidine rings is 1. The van der Waals surface area contributed by atoms with Crippen LogP contribution in [-0.4, -0.2) is 29.0 Å². The summed E-state index contributed by atoms with van der Waals surface area (Å²) in [7, 11) is 0. The Labute approximate surface area is 110 Å². The largest absolute Gasteiger partial charge is 0.330 e. The van der Waals surface area contributed by atoms with Gasteiger partial charge >= 0.3 is 0 Å². The van der Waals surface area contributed by atoms with E-state index in [-0.39, 0.29) is 0 Å². The van der Waals surface area contributed by atoms with Crippen molar-refractivity contribution in [1.82, 2.24) is 9.88 Å². The van der Waals surface area contributed by atoms with Crippen LogP contribution in [0.3, 0.4) is 0 Å². The fraction of sp³-hybridized carbons (Fsp3) is 0.667. The summed E-state index contributed by atoms with van der Waals surface area (Å²) in [4.78, 5) is 7.19. The summed E-state index contributed by atoms with van der Waals surface area (Å²) in [6.07, 6.45) is 4.44. The first-order valence-electron chi connectivity index (χ1n) is 7.02. The van der Waals surface area contributed by atoms with Crippen molar-refractivity contribution in [3.63, 3.8) is 0 Å². The van der Waals surface area contributed by atoms with Gasteiger partial charge in [-0.2, -0.15) is 0 Å². The van der Waals surface area contributed by atoms with Crippen LogP contribution in [-0.2, 0) is 0 Å². The maximum atomic E-state index is 5.97. The van der Waals surface area contributed by atoms with Crippen LogP contribution in [0.25, 0.3) is 0 Å². The van der Waals surface area contributed by atoms with Gasteiger partial charge < -0.3 is 5.73 Å². The molecule has 0 saturated carbocycles. The van der Waals surface area contributed by atoms with Crippen molar-refractivity contribution in [3.8, 4) is 0 Å². The summed E-state index contributed by atoms with van der Waals surface area (Å²) in [6, 6.07) is 5.27. The Kier molecular flexibility index (Phi) is 4.36. The van der Waals surface area contributed by atoms with Crippen LogP contribution in [0.4, 0.5) is 0 Å². The van der Waals surface area contributed by atoms with Crippen LogP contribution in [0.5, 0.6) is 0 Å². The van der Waals surface area contributed by atoms with Gasteiger partial charge in [-0.25, -0.2) is 0 Å². The highest BCUT2D eigenvalue weighted by Crippen LogP contribution is 2.35. The number of aryl methyl sites for hydroxylation is 1. The molecule has 0 aliphatic carbocycles. The smallest absolute Gasteiger partial charge is 0.0579 e. The third kappa shape index (κ3) is 2.73. The van der Waals surface area contributed by atoms with Gasteiger partial charge in [-0.05, 0) is 64.3 Å². The molecule has 18 heavy (non-hydrogen) atoms. The number of nitrogens with two attached hydrogens (primary N) is 1. The predicted molar refractivity (Wildman–Crippen MR) is 75.3 cm³/mol. The highest BCUT2D eigenvalue weighted by atomic mass is 15.2. The number of hydrogen-bond acceptors (Lipinski definition) is 3. The van der Waals surface area contributed by atoms with E-state index in [0.29, 0.717) is 18.0 Å². The first kappa shape index (κ1) is 13.5. The normalized spacial score (nSPS) is 25.6. The molecule has 2 N–H and O–H groups in total. The number of likely N-dealkylation sites (tertiary alicyclic amines) is 1. The zero-order valence-electron chi connectivity index (χ0n) is 11.8. The molecular formula is C15H25N3. The zero-order chi connectivity index (χ0) is 13.1. The molecule has 0 spiro atoms. The average molecular weight is 247 g/mol. The Morgan fingerprint density at radius 2 is 2.22 bits per heavy atom. The monoisotopic (exact) mass is 247 g/mol. The quantitative estimate of drug-likeness (QED) is 0.892. The number of nitrogens with zero attached hydrogens (tertiary/aromatic N) is 2. The second kappa shape index (κ2) is 5.81. The molecule has 0 bridgehead atoms. The lowest BCUT2D eigenvalue weighted by atomic mass is 9.86. The molecule has 0 amide bonds. The fourth-order valence-corrected chi connectivity index (χ4v) is 3.00. The topological polar surface area (TPSA) is 42.1 Å². The summed E-state index contributed by atoms with van der Waals surface area (Å²) in [6.45, 7) is 8.52. The summed E-state index contributed by atoms with van der Waals surface area (Å²) < 4.78 is 0. The van der Waals surface area contributed by atoms with Gasteiger partial charge in [0.2, 0.25) is 0 Å². The van der Waals surface area contributed by atoms with Crippen LogP contribution in [0.2, 0.25) is 0 Å². The molecule has 1 fully saturated rings. The lowest BCUT2D eigenvalue weighted by molar-refractivity contribution is 0.0638. The van der Waals surface area contributed by atoms with Gasteiger partial charge in [0.25, 0.3) is 0 Å². The van der Waals surface area contributed by atoms with Crippen molar-refractivity contribution in [2.24, 2.45) is 11.7 Å². The third-order valence-electron chi connectivity index (χ3n) is 4.00. The molecule has 2 atom stereocenters. The van der Waals surface area contributed by atoms with Gasteiger partial charge in [0, 0.05) is 12.2 Å². The maximum absolute atomic E-state index is 5.97.